The molecule has 0 N–H and O–H groups in total. The summed E-state index contributed by atoms with van der Waals surface area (Å²) in [4.78, 5) is 5.40. The summed E-state index contributed by atoms with van der Waals surface area (Å²) >= 11 is 0. The highest BCUT2D eigenvalue weighted by Gasteiger charge is 2.30. The monoisotopic (exact) mass is 746 g/mol. The molecule has 2 aliphatic rings. The van der Waals surface area contributed by atoms with E-state index in [1.165, 1.54) is 117 Å². The number of likely N-dealkylation sites (tertiary alicyclic amines) is 2. The molecule has 0 amide bonds. The van der Waals surface area contributed by atoms with E-state index in [0.717, 1.165) is 49.5 Å². The van der Waals surface area contributed by atoms with E-state index in [4.69, 9.17) is 9.47 Å². The number of aromatic nitrogens is 4. The minimum absolute atomic E-state index is 0.879. The molecule has 286 valence electrons. The molecule has 0 atom stereocenters. The number of ether oxygens (including phenoxy) is 2. The van der Waals surface area contributed by atoms with Crippen LogP contribution < -0.4 is 18.6 Å². The molecule has 10 rings (SSSR count). The second kappa shape index (κ2) is 14.4. The number of pyridine rings is 2. The minimum Gasteiger partial charge on any atom is -0.497 e. The van der Waals surface area contributed by atoms with E-state index >= 15 is 0 Å². The largest absolute Gasteiger partial charge is 0.497 e. The van der Waals surface area contributed by atoms with Crippen molar-refractivity contribution in [1.29, 1.82) is 0 Å². The minimum atomic E-state index is 0.879. The van der Waals surface area contributed by atoms with Gasteiger partial charge in [0.15, 0.2) is 37.9 Å². The number of fused-ring (bicyclic) bond motifs is 10. The normalized spacial score (nSPS) is 16.7. The van der Waals surface area contributed by atoms with Crippen molar-refractivity contribution in [3.05, 3.63) is 97.6 Å². The molecule has 2 fully saturated rings. The van der Waals surface area contributed by atoms with Gasteiger partial charge in [-0.3, -0.25) is 9.80 Å². The standard InChI is InChI=1S/C48H54N6O2/c1-49-43-11-7-37(55-3)29-41(43)47-39-17-23-53(31-35(39)5-9-45(47)49)27-25-51-19-13-33(14-20-51)34-15-21-52(22-16-34)26-28-54-24-18-40-36(32-54)6-10-46-48(40)42-30-38(56-4)8-12-44(42)50(46)2/h5-12,17-18,23-24,29-34H,13-16,19-22,25-28H2,1-4H3/q+2. The average Bonchev–Trinajstić information content (AvgIpc) is 3.71. The number of methoxy groups -OCH3 is 2. The number of piperidine rings is 2. The van der Waals surface area contributed by atoms with Crippen LogP contribution in [0, 0.1) is 11.8 Å². The molecule has 0 unspecified atom stereocenters. The highest BCUT2D eigenvalue weighted by molar-refractivity contribution is 6.21. The van der Waals surface area contributed by atoms with E-state index in [1.807, 2.05) is 0 Å². The Balaban J connectivity index is 0.718. The van der Waals surface area contributed by atoms with Crippen molar-refractivity contribution in [1.82, 2.24) is 18.9 Å². The van der Waals surface area contributed by atoms with Crippen molar-refractivity contribution in [3.8, 4) is 11.5 Å². The molecule has 6 heterocycles. The van der Waals surface area contributed by atoms with Crippen LogP contribution in [0.1, 0.15) is 25.7 Å². The maximum Gasteiger partial charge on any atom is 0.176 e. The lowest BCUT2D eigenvalue weighted by molar-refractivity contribution is -0.695. The lowest BCUT2D eigenvalue weighted by Crippen LogP contribution is -2.46. The molecular formula is C48H54N6O2+2. The number of benzene rings is 4. The summed E-state index contributed by atoms with van der Waals surface area (Å²) in [7, 11) is 7.81. The zero-order chi connectivity index (χ0) is 37.9. The lowest BCUT2D eigenvalue weighted by atomic mass is 9.79. The Morgan fingerprint density at radius 2 is 0.929 bits per heavy atom. The van der Waals surface area contributed by atoms with Gasteiger partial charge in [-0.15, -0.1) is 0 Å². The van der Waals surface area contributed by atoms with Gasteiger partial charge >= 0.3 is 0 Å². The summed E-state index contributed by atoms with van der Waals surface area (Å²) < 4.78 is 20.5. The van der Waals surface area contributed by atoms with E-state index in [1.54, 1.807) is 14.2 Å². The third-order valence-corrected chi connectivity index (χ3v) is 13.7. The van der Waals surface area contributed by atoms with Crippen LogP contribution in [0.4, 0.5) is 0 Å². The molecule has 0 spiro atoms. The van der Waals surface area contributed by atoms with Gasteiger partial charge in [-0.2, -0.15) is 0 Å². The summed E-state index contributed by atoms with van der Waals surface area (Å²) in [5, 5.41) is 10.3. The van der Waals surface area contributed by atoms with Crippen molar-refractivity contribution in [2.45, 2.75) is 38.8 Å². The molecule has 0 saturated carbocycles. The van der Waals surface area contributed by atoms with Gasteiger partial charge in [-0.05, 0) is 124 Å². The highest BCUT2D eigenvalue weighted by Crippen LogP contribution is 2.37. The van der Waals surface area contributed by atoms with E-state index in [0.29, 0.717) is 0 Å². The Morgan fingerprint density at radius 1 is 0.518 bits per heavy atom. The Morgan fingerprint density at radius 3 is 1.34 bits per heavy atom. The first kappa shape index (κ1) is 35.2. The van der Waals surface area contributed by atoms with Gasteiger partial charge in [0, 0.05) is 91.4 Å². The first-order chi connectivity index (χ1) is 27.4. The van der Waals surface area contributed by atoms with Gasteiger partial charge in [-0.1, -0.05) is 0 Å². The van der Waals surface area contributed by atoms with Crippen molar-refractivity contribution in [2.24, 2.45) is 25.9 Å². The summed E-state index contributed by atoms with van der Waals surface area (Å²) in [6.07, 6.45) is 14.6. The first-order valence-corrected chi connectivity index (χ1v) is 20.7. The van der Waals surface area contributed by atoms with Gasteiger partial charge in [-0.25, -0.2) is 9.13 Å². The van der Waals surface area contributed by atoms with E-state index in [9.17, 15) is 0 Å². The number of rotatable bonds is 9. The zero-order valence-corrected chi connectivity index (χ0v) is 33.4. The fraction of sp³-hybridized carbons (Fsp3) is 0.375. The summed E-state index contributed by atoms with van der Waals surface area (Å²) in [5.41, 5.74) is 5.00. The van der Waals surface area contributed by atoms with Gasteiger partial charge in [0.2, 0.25) is 0 Å². The maximum atomic E-state index is 5.58. The Hall–Kier alpha value is -5.18. The maximum absolute atomic E-state index is 5.58. The van der Waals surface area contributed by atoms with Gasteiger partial charge in [0.05, 0.1) is 27.3 Å². The molecule has 0 aliphatic carbocycles. The van der Waals surface area contributed by atoms with Crippen molar-refractivity contribution < 1.29 is 18.6 Å². The second-order valence-electron chi connectivity index (χ2n) is 16.5. The van der Waals surface area contributed by atoms with Crippen LogP contribution in [0.15, 0.2) is 97.6 Å². The topological polar surface area (TPSA) is 42.6 Å². The quantitative estimate of drug-likeness (QED) is 0.141. The summed E-state index contributed by atoms with van der Waals surface area (Å²) in [6.45, 7) is 9.20. The summed E-state index contributed by atoms with van der Waals surface area (Å²) in [5.74, 6) is 3.56. The third kappa shape index (κ3) is 6.14. The van der Waals surface area contributed by atoms with Crippen LogP contribution >= 0.6 is 0 Å². The Bertz CT molecular complexity index is 2560. The van der Waals surface area contributed by atoms with Gasteiger partial charge in [0.1, 0.15) is 11.5 Å². The Kier molecular flexibility index (Phi) is 9.06. The van der Waals surface area contributed by atoms with Crippen LogP contribution in [0.2, 0.25) is 0 Å². The fourth-order valence-corrected chi connectivity index (χ4v) is 10.4. The molecule has 2 saturated heterocycles. The number of aryl methyl sites for hydroxylation is 2. The van der Waals surface area contributed by atoms with E-state index < -0.39 is 0 Å². The van der Waals surface area contributed by atoms with Gasteiger partial charge in [0.25, 0.3) is 0 Å². The van der Waals surface area contributed by atoms with E-state index in [2.05, 4.69) is 140 Å². The smallest absolute Gasteiger partial charge is 0.176 e. The lowest BCUT2D eigenvalue weighted by Gasteiger charge is -2.39. The number of hydrogen-bond donors (Lipinski definition) is 0. The Labute approximate surface area is 329 Å². The molecule has 4 aromatic heterocycles. The molecule has 8 heteroatoms. The van der Waals surface area contributed by atoms with Crippen LogP contribution in [0.3, 0.4) is 0 Å². The van der Waals surface area contributed by atoms with Crippen LogP contribution in [-0.2, 0) is 27.2 Å². The van der Waals surface area contributed by atoms with Crippen LogP contribution in [-0.4, -0.2) is 72.4 Å². The van der Waals surface area contributed by atoms with Crippen molar-refractivity contribution in [3.63, 3.8) is 0 Å². The van der Waals surface area contributed by atoms with Crippen molar-refractivity contribution in [2.75, 3.05) is 53.5 Å². The molecule has 0 radical (unpaired) electrons. The third-order valence-electron chi connectivity index (χ3n) is 13.7. The number of hydrogen-bond acceptors (Lipinski definition) is 4. The fourth-order valence-electron chi connectivity index (χ4n) is 10.4. The predicted octanol–water partition coefficient (Wildman–Crippen LogP) is 8.00. The second-order valence-corrected chi connectivity index (χ2v) is 16.5. The van der Waals surface area contributed by atoms with E-state index in [-0.39, 0.29) is 0 Å². The molecule has 8 aromatic rings. The van der Waals surface area contributed by atoms with Gasteiger partial charge < -0.3 is 18.6 Å². The van der Waals surface area contributed by atoms with Crippen molar-refractivity contribution >= 4 is 65.2 Å². The number of nitrogens with zero attached hydrogens (tertiary/aromatic N) is 6. The highest BCUT2D eigenvalue weighted by atomic mass is 16.5. The molecule has 56 heavy (non-hydrogen) atoms. The first-order valence-electron chi connectivity index (χ1n) is 20.7. The summed E-state index contributed by atoms with van der Waals surface area (Å²) in [6, 6.07) is 26.5. The molecule has 2 aliphatic heterocycles. The molecule has 8 nitrogen and oxygen atoms in total. The van der Waals surface area contributed by atoms with Crippen LogP contribution in [0.25, 0.3) is 65.2 Å². The SMILES string of the molecule is COc1ccc2c(c1)c1c3cc[n+](CCN4CCC(C5CCN(CC[n+]6ccc7c(ccc8c7c7cc(OC)ccc7n8C)c6)CC5)CC4)cc3ccc1n2C. The predicted molar refractivity (Wildman–Crippen MR) is 228 cm³/mol. The van der Waals surface area contributed by atoms with Crippen LogP contribution in [0.5, 0.6) is 11.5 Å². The molecule has 0 bridgehead atoms. The zero-order valence-electron chi connectivity index (χ0n) is 33.4. The molecule has 4 aromatic carbocycles. The molecular weight excluding hydrogens is 693 g/mol. The average molecular weight is 747 g/mol.